The second kappa shape index (κ2) is 5.26. The number of halogens is 1. The summed E-state index contributed by atoms with van der Waals surface area (Å²) in [6, 6.07) is 7.41. The summed E-state index contributed by atoms with van der Waals surface area (Å²) < 4.78 is 0. The maximum atomic E-state index is 12.5. The number of hydrogen-bond donors (Lipinski definition) is 2. The summed E-state index contributed by atoms with van der Waals surface area (Å²) in [6.45, 7) is 1.29. The second-order valence-electron chi connectivity index (χ2n) is 4.97. The van der Waals surface area contributed by atoms with Crippen molar-refractivity contribution in [2.24, 2.45) is 5.73 Å². The van der Waals surface area contributed by atoms with Crippen LogP contribution in [0.3, 0.4) is 0 Å². The molecular formula is C14H15ClN4O. The molecule has 6 heteroatoms. The zero-order valence-electron chi connectivity index (χ0n) is 10.8. The molecule has 1 atom stereocenters. The molecule has 0 spiro atoms. The molecule has 1 aromatic carbocycles. The monoisotopic (exact) mass is 290 g/mol. The molecule has 5 nitrogen and oxygen atoms in total. The Morgan fingerprint density at radius 1 is 1.50 bits per heavy atom. The van der Waals surface area contributed by atoms with Crippen molar-refractivity contribution < 1.29 is 4.79 Å². The third kappa shape index (κ3) is 2.42. The van der Waals surface area contributed by atoms with Crippen LogP contribution in [0, 0.1) is 0 Å². The van der Waals surface area contributed by atoms with Crippen molar-refractivity contribution in [2.75, 3.05) is 13.1 Å². The van der Waals surface area contributed by atoms with E-state index >= 15 is 0 Å². The molecule has 1 amide bonds. The molecule has 0 saturated carbocycles. The smallest absolute Gasteiger partial charge is 0.257 e. The fourth-order valence-electron chi connectivity index (χ4n) is 2.45. The molecule has 20 heavy (non-hydrogen) atoms. The number of nitrogens with zero attached hydrogens (tertiary/aromatic N) is 2. The number of benzene rings is 1. The SMILES string of the molecule is N[C@H]1CCN(C(=O)c2cn[nH]c2-c2cccc(Cl)c2)C1. The van der Waals surface area contributed by atoms with Gasteiger partial charge in [0.1, 0.15) is 0 Å². The Labute approximate surface area is 121 Å². The van der Waals surface area contributed by atoms with E-state index in [1.807, 2.05) is 18.2 Å². The van der Waals surface area contributed by atoms with Gasteiger partial charge < -0.3 is 10.6 Å². The summed E-state index contributed by atoms with van der Waals surface area (Å²) in [4.78, 5) is 14.3. The van der Waals surface area contributed by atoms with Crippen LogP contribution in [0.5, 0.6) is 0 Å². The number of nitrogens with two attached hydrogens (primary N) is 1. The largest absolute Gasteiger partial charge is 0.337 e. The Morgan fingerprint density at radius 3 is 3.05 bits per heavy atom. The summed E-state index contributed by atoms with van der Waals surface area (Å²) in [5, 5.41) is 7.49. The molecule has 2 heterocycles. The molecule has 1 aliphatic rings. The van der Waals surface area contributed by atoms with E-state index < -0.39 is 0 Å². The van der Waals surface area contributed by atoms with Gasteiger partial charge in [-0.1, -0.05) is 23.7 Å². The van der Waals surface area contributed by atoms with Crippen LogP contribution < -0.4 is 5.73 Å². The predicted molar refractivity (Wildman–Crippen MR) is 77.5 cm³/mol. The fourth-order valence-corrected chi connectivity index (χ4v) is 2.64. The molecule has 1 aliphatic heterocycles. The Hall–Kier alpha value is -1.85. The summed E-state index contributed by atoms with van der Waals surface area (Å²) in [5.74, 6) is -0.0401. The van der Waals surface area contributed by atoms with Gasteiger partial charge in [-0.3, -0.25) is 9.89 Å². The molecule has 0 unspecified atom stereocenters. The average molecular weight is 291 g/mol. The van der Waals surface area contributed by atoms with E-state index in [1.54, 1.807) is 17.2 Å². The number of carbonyl (C=O) groups excluding carboxylic acids is 1. The van der Waals surface area contributed by atoms with E-state index in [2.05, 4.69) is 10.2 Å². The minimum Gasteiger partial charge on any atom is -0.337 e. The Morgan fingerprint density at radius 2 is 2.35 bits per heavy atom. The molecule has 3 N–H and O–H groups in total. The van der Waals surface area contributed by atoms with Crippen LogP contribution in [-0.2, 0) is 0 Å². The van der Waals surface area contributed by atoms with Crippen LogP contribution >= 0.6 is 11.6 Å². The third-order valence-electron chi connectivity index (χ3n) is 3.49. The van der Waals surface area contributed by atoms with Gasteiger partial charge in [0.25, 0.3) is 5.91 Å². The molecule has 0 radical (unpaired) electrons. The van der Waals surface area contributed by atoms with Gasteiger partial charge in [0.15, 0.2) is 0 Å². The van der Waals surface area contributed by atoms with E-state index in [-0.39, 0.29) is 11.9 Å². The molecule has 1 aromatic heterocycles. The normalized spacial score (nSPS) is 18.5. The average Bonchev–Trinajstić information content (AvgIpc) is 3.06. The van der Waals surface area contributed by atoms with Gasteiger partial charge in [0.2, 0.25) is 0 Å². The van der Waals surface area contributed by atoms with Crippen LogP contribution in [0.25, 0.3) is 11.3 Å². The number of aromatic nitrogens is 2. The van der Waals surface area contributed by atoms with Gasteiger partial charge >= 0.3 is 0 Å². The van der Waals surface area contributed by atoms with Crippen molar-refractivity contribution in [2.45, 2.75) is 12.5 Å². The van der Waals surface area contributed by atoms with Gasteiger partial charge in [0, 0.05) is 29.7 Å². The maximum absolute atomic E-state index is 12.5. The summed E-state index contributed by atoms with van der Waals surface area (Å²) in [6.07, 6.45) is 2.40. The van der Waals surface area contributed by atoms with Crippen LogP contribution in [0.1, 0.15) is 16.8 Å². The molecule has 0 bridgehead atoms. The summed E-state index contributed by atoms with van der Waals surface area (Å²) in [7, 11) is 0. The lowest BCUT2D eigenvalue weighted by atomic mass is 10.1. The highest BCUT2D eigenvalue weighted by atomic mass is 35.5. The lowest BCUT2D eigenvalue weighted by Crippen LogP contribution is -2.31. The first-order valence-corrected chi connectivity index (χ1v) is 6.87. The fraction of sp³-hybridized carbons (Fsp3) is 0.286. The number of amides is 1. The zero-order chi connectivity index (χ0) is 14.1. The molecule has 1 saturated heterocycles. The number of aromatic amines is 1. The van der Waals surface area contributed by atoms with Crippen LogP contribution in [0.4, 0.5) is 0 Å². The zero-order valence-corrected chi connectivity index (χ0v) is 11.6. The van der Waals surface area contributed by atoms with E-state index in [4.69, 9.17) is 17.3 Å². The summed E-state index contributed by atoms with van der Waals surface area (Å²) in [5.41, 5.74) is 7.95. The van der Waals surface area contributed by atoms with Crippen molar-refractivity contribution in [3.63, 3.8) is 0 Å². The lowest BCUT2D eigenvalue weighted by molar-refractivity contribution is 0.0791. The van der Waals surface area contributed by atoms with Crippen molar-refractivity contribution in [1.82, 2.24) is 15.1 Å². The third-order valence-corrected chi connectivity index (χ3v) is 3.73. The molecule has 0 aliphatic carbocycles. The topological polar surface area (TPSA) is 75.0 Å². The highest BCUT2D eigenvalue weighted by Gasteiger charge is 2.27. The van der Waals surface area contributed by atoms with Gasteiger partial charge in [0.05, 0.1) is 17.5 Å². The van der Waals surface area contributed by atoms with Crippen molar-refractivity contribution in [3.8, 4) is 11.3 Å². The van der Waals surface area contributed by atoms with Gasteiger partial charge in [-0.05, 0) is 18.6 Å². The van der Waals surface area contributed by atoms with Crippen LogP contribution in [0.2, 0.25) is 5.02 Å². The van der Waals surface area contributed by atoms with Crippen molar-refractivity contribution in [3.05, 3.63) is 41.0 Å². The number of H-pyrrole nitrogens is 1. The Kier molecular flexibility index (Phi) is 3.46. The van der Waals surface area contributed by atoms with Crippen molar-refractivity contribution in [1.29, 1.82) is 0 Å². The molecule has 3 rings (SSSR count). The number of nitrogens with one attached hydrogen (secondary N) is 1. The molecule has 2 aromatic rings. The van der Waals surface area contributed by atoms with E-state index in [0.717, 1.165) is 12.0 Å². The minimum atomic E-state index is -0.0401. The van der Waals surface area contributed by atoms with Gasteiger partial charge in [-0.25, -0.2) is 0 Å². The highest BCUT2D eigenvalue weighted by Crippen LogP contribution is 2.25. The van der Waals surface area contributed by atoms with Gasteiger partial charge in [-0.2, -0.15) is 5.10 Å². The van der Waals surface area contributed by atoms with Crippen molar-refractivity contribution >= 4 is 17.5 Å². The van der Waals surface area contributed by atoms with E-state index in [1.165, 1.54) is 0 Å². The lowest BCUT2D eigenvalue weighted by Gasteiger charge is -2.15. The second-order valence-corrected chi connectivity index (χ2v) is 5.41. The quantitative estimate of drug-likeness (QED) is 0.887. The number of carbonyl (C=O) groups is 1. The molecule has 1 fully saturated rings. The van der Waals surface area contributed by atoms with E-state index in [9.17, 15) is 4.79 Å². The number of likely N-dealkylation sites (tertiary alicyclic amines) is 1. The highest BCUT2D eigenvalue weighted by molar-refractivity contribution is 6.30. The maximum Gasteiger partial charge on any atom is 0.257 e. The minimum absolute atomic E-state index is 0.0401. The predicted octanol–water partition coefficient (Wildman–Crippen LogP) is 1.90. The standard InChI is InChI=1S/C14H15ClN4O/c15-10-3-1-2-9(6-10)13-12(7-17-18-13)14(20)19-5-4-11(16)8-19/h1-3,6-7,11H,4-5,8,16H2,(H,17,18)/t11-/m0/s1. The summed E-state index contributed by atoms with van der Waals surface area (Å²) >= 11 is 5.99. The number of rotatable bonds is 2. The van der Waals surface area contributed by atoms with Crippen LogP contribution in [-0.4, -0.2) is 40.1 Å². The van der Waals surface area contributed by atoms with Gasteiger partial charge in [-0.15, -0.1) is 0 Å². The Balaban J connectivity index is 1.92. The first kappa shape index (κ1) is 13.1. The molecular weight excluding hydrogens is 276 g/mol. The van der Waals surface area contributed by atoms with E-state index in [0.29, 0.717) is 29.4 Å². The Bertz CT molecular complexity index is 640. The van der Waals surface area contributed by atoms with Crippen LogP contribution in [0.15, 0.2) is 30.5 Å². The molecule has 104 valence electrons. The first-order valence-electron chi connectivity index (χ1n) is 6.49. The first-order chi connectivity index (χ1) is 9.65. The number of hydrogen-bond acceptors (Lipinski definition) is 3.